The summed E-state index contributed by atoms with van der Waals surface area (Å²) in [5.41, 5.74) is 0.0104. The van der Waals surface area contributed by atoms with Crippen LogP contribution in [0.15, 0.2) is 24.3 Å². The van der Waals surface area contributed by atoms with Crippen LogP contribution in [0.25, 0.3) is 0 Å². The lowest BCUT2D eigenvalue weighted by Gasteiger charge is -2.38. The van der Waals surface area contributed by atoms with E-state index in [2.05, 4.69) is 0 Å². The van der Waals surface area contributed by atoms with Crippen LogP contribution in [0, 0.1) is 0 Å². The summed E-state index contributed by atoms with van der Waals surface area (Å²) in [6.45, 7) is 1.57. The highest BCUT2D eigenvalue weighted by Crippen LogP contribution is 2.40. The Morgan fingerprint density at radius 3 is 2.26 bits per heavy atom. The first-order valence-corrected chi connectivity index (χ1v) is 6.93. The van der Waals surface area contributed by atoms with Gasteiger partial charge in [-0.05, 0) is 37.5 Å². The van der Waals surface area contributed by atoms with E-state index in [-0.39, 0.29) is 5.78 Å². The second-order valence-corrected chi connectivity index (χ2v) is 5.48. The molecule has 1 unspecified atom stereocenters. The van der Waals surface area contributed by atoms with Crippen molar-refractivity contribution in [1.29, 1.82) is 0 Å². The normalized spacial score (nSPS) is 19.7. The molecule has 0 aromatic heterocycles. The van der Waals surface area contributed by atoms with Gasteiger partial charge in [0.15, 0.2) is 0 Å². The van der Waals surface area contributed by atoms with Crippen LogP contribution >= 0.6 is 0 Å². The number of benzene rings is 1. The van der Waals surface area contributed by atoms with Gasteiger partial charge in [0.1, 0.15) is 11.5 Å². The number of Topliss-reactive ketones (excluding diaryl/α,β-unsaturated/α-hetero) is 1. The van der Waals surface area contributed by atoms with E-state index >= 15 is 0 Å². The molecule has 0 spiro atoms. The third-order valence-electron chi connectivity index (χ3n) is 4.11. The third-order valence-corrected chi connectivity index (χ3v) is 4.11. The first-order chi connectivity index (χ1) is 9.07. The summed E-state index contributed by atoms with van der Waals surface area (Å²) in [4.78, 5) is 12.0. The molecule has 1 atom stereocenters. The maximum absolute atomic E-state index is 12.0. The first kappa shape index (κ1) is 14.1. The van der Waals surface area contributed by atoms with Crippen LogP contribution in [0.2, 0.25) is 0 Å². The number of hydrogen-bond acceptors (Lipinski definition) is 3. The highest BCUT2D eigenvalue weighted by atomic mass is 16.5. The van der Waals surface area contributed by atoms with E-state index in [1.165, 1.54) is 0 Å². The van der Waals surface area contributed by atoms with Crippen molar-refractivity contribution in [3.63, 3.8) is 0 Å². The number of rotatable bonds is 4. The molecule has 1 aromatic carbocycles. The molecule has 1 aromatic rings. The van der Waals surface area contributed by atoms with Crippen LogP contribution in [0.1, 0.15) is 50.5 Å². The Bertz CT molecular complexity index is 430. The highest BCUT2D eigenvalue weighted by Gasteiger charge is 2.41. The Morgan fingerprint density at radius 2 is 1.79 bits per heavy atom. The van der Waals surface area contributed by atoms with Gasteiger partial charge in [-0.2, -0.15) is 0 Å². The van der Waals surface area contributed by atoms with E-state index in [1.54, 1.807) is 14.0 Å². The lowest BCUT2D eigenvalue weighted by molar-refractivity contribution is -0.126. The monoisotopic (exact) mass is 262 g/mol. The maximum Gasteiger partial charge on any atom is 0.140 e. The van der Waals surface area contributed by atoms with Gasteiger partial charge in [0.25, 0.3) is 0 Å². The molecule has 0 amide bonds. The molecule has 0 saturated heterocycles. The average Bonchev–Trinajstić information content (AvgIpc) is 2.40. The van der Waals surface area contributed by atoms with Crippen LogP contribution in [-0.4, -0.2) is 23.6 Å². The van der Waals surface area contributed by atoms with Gasteiger partial charge in [-0.3, -0.25) is 4.79 Å². The van der Waals surface area contributed by atoms with Crippen molar-refractivity contribution in [2.24, 2.45) is 0 Å². The van der Waals surface area contributed by atoms with Gasteiger partial charge in [-0.15, -0.1) is 0 Å². The molecule has 1 aliphatic rings. The van der Waals surface area contributed by atoms with E-state index in [0.29, 0.717) is 12.8 Å². The SMILES string of the molecule is COc1ccc(C(C(C)=O)C2(O)CCCCC2)cc1. The lowest BCUT2D eigenvalue weighted by atomic mass is 9.71. The molecule has 104 valence electrons. The van der Waals surface area contributed by atoms with Gasteiger partial charge in [0, 0.05) is 0 Å². The van der Waals surface area contributed by atoms with Crippen LogP contribution < -0.4 is 4.74 Å². The van der Waals surface area contributed by atoms with Gasteiger partial charge in [0.2, 0.25) is 0 Å². The average molecular weight is 262 g/mol. The molecular formula is C16H22O3. The minimum Gasteiger partial charge on any atom is -0.497 e. The fourth-order valence-electron chi connectivity index (χ4n) is 3.17. The smallest absolute Gasteiger partial charge is 0.140 e. The van der Waals surface area contributed by atoms with Crippen LogP contribution in [-0.2, 0) is 4.79 Å². The number of aliphatic hydroxyl groups is 1. The van der Waals surface area contributed by atoms with Crippen molar-refractivity contribution < 1.29 is 14.6 Å². The van der Waals surface area contributed by atoms with Crippen LogP contribution in [0.4, 0.5) is 0 Å². The minimum absolute atomic E-state index is 0.0366. The van der Waals surface area contributed by atoms with Gasteiger partial charge < -0.3 is 9.84 Å². The summed E-state index contributed by atoms with van der Waals surface area (Å²) >= 11 is 0. The Hall–Kier alpha value is -1.35. The summed E-state index contributed by atoms with van der Waals surface area (Å²) in [5.74, 6) is 0.384. The summed E-state index contributed by atoms with van der Waals surface area (Å²) in [6, 6.07) is 7.46. The van der Waals surface area contributed by atoms with Crippen molar-refractivity contribution in [1.82, 2.24) is 0 Å². The Kier molecular flexibility index (Phi) is 4.25. The Morgan fingerprint density at radius 1 is 1.21 bits per heavy atom. The predicted molar refractivity (Wildman–Crippen MR) is 74.5 cm³/mol. The molecule has 2 rings (SSSR count). The van der Waals surface area contributed by atoms with Crippen molar-refractivity contribution in [2.45, 2.75) is 50.5 Å². The number of carbonyl (C=O) groups is 1. The van der Waals surface area contributed by atoms with Gasteiger partial charge in [-0.1, -0.05) is 31.4 Å². The molecule has 1 aliphatic carbocycles. The highest BCUT2D eigenvalue weighted by molar-refractivity contribution is 5.84. The third kappa shape index (κ3) is 2.98. The molecule has 0 radical (unpaired) electrons. The Labute approximate surface area is 114 Å². The number of carbonyl (C=O) groups excluding carboxylic acids is 1. The zero-order valence-corrected chi connectivity index (χ0v) is 11.7. The topological polar surface area (TPSA) is 46.5 Å². The Balaban J connectivity index is 2.30. The fraction of sp³-hybridized carbons (Fsp3) is 0.562. The summed E-state index contributed by atoms with van der Waals surface area (Å²) in [6.07, 6.45) is 4.56. The van der Waals surface area contributed by atoms with Crippen molar-refractivity contribution in [3.05, 3.63) is 29.8 Å². The zero-order chi connectivity index (χ0) is 13.9. The molecule has 3 heteroatoms. The minimum atomic E-state index is -0.876. The molecule has 0 aliphatic heterocycles. The summed E-state index contributed by atoms with van der Waals surface area (Å²) in [7, 11) is 1.62. The van der Waals surface area contributed by atoms with E-state index in [0.717, 1.165) is 30.6 Å². The van der Waals surface area contributed by atoms with Crippen molar-refractivity contribution in [2.75, 3.05) is 7.11 Å². The second kappa shape index (κ2) is 5.74. The summed E-state index contributed by atoms with van der Waals surface area (Å²) in [5, 5.41) is 10.8. The van der Waals surface area contributed by atoms with Gasteiger partial charge in [0.05, 0.1) is 18.6 Å². The summed E-state index contributed by atoms with van der Waals surface area (Å²) < 4.78 is 5.13. The molecule has 19 heavy (non-hydrogen) atoms. The number of hydrogen-bond donors (Lipinski definition) is 1. The zero-order valence-electron chi connectivity index (χ0n) is 11.7. The maximum atomic E-state index is 12.0. The molecule has 1 N–H and O–H groups in total. The molecule has 1 fully saturated rings. The van der Waals surface area contributed by atoms with Crippen molar-refractivity contribution in [3.8, 4) is 5.75 Å². The lowest BCUT2D eigenvalue weighted by Crippen LogP contribution is -2.41. The predicted octanol–water partition coefficient (Wildman–Crippen LogP) is 3.06. The number of methoxy groups -OCH3 is 1. The van der Waals surface area contributed by atoms with E-state index < -0.39 is 11.5 Å². The van der Waals surface area contributed by atoms with Crippen LogP contribution in [0.5, 0.6) is 5.75 Å². The van der Waals surface area contributed by atoms with E-state index in [1.807, 2.05) is 24.3 Å². The molecule has 3 nitrogen and oxygen atoms in total. The number of ketones is 1. The molecule has 0 bridgehead atoms. The van der Waals surface area contributed by atoms with Crippen molar-refractivity contribution >= 4 is 5.78 Å². The van der Waals surface area contributed by atoms with Gasteiger partial charge in [-0.25, -0.2) is 0 Å². The quantitative estimate of drug-likeness (QED) is 0.907. The first-order valence-electron chi connectivity index (χ1n) is 6.93. The largest absolute Gasteiger partial charge is 0.497 e. The van der Waals surface area contributed by atoms with E-state index in [9.17, 15) is 9.90 Å². The van der Waals surface area contributed by atoms with Crippen LogP contribution in [0.3, 0.4) is 0 Å². The fourth-order valence-corrected chi connectivity index (χ4v) is 3.17. The van der Waals surface area contributed by atoms with E-state index in [4.69, 9.17) is 4.74 Å². The molecule has 1 saturated carbocycles. The standard InChI is InChI=1S/C16H22O3/c1-12(17)15(16(18)10-4-3-5-11-16)13-6-8-14(19-2)9-7-13/h6-9,15,18H,3-5,10-11H2,1-2H3. The second-order valence-electron chi connectivity index (χ2n) is 5.48. The molecule has 0 heterocycles. The number of ether oxygens (including phenoxy) is 1. The molecular weight excluding hydrogens is 240 g/mol. The van der Waals surface area contributed by atoms with Gasteiger partial charge >= 0.3 is 0 Å².